The molecule has 5 heteroatoms. The maximum atomic E-state index is 12.2. The summed E-state index contributed by atoms with van der Waals surface area (Å²) in [5.74, 6) is 4.94. The molecule has 1 atom stereocenters. The lowest BCUT2D eigenvalue weighted by Crippen LogP contribution is -2.28. The summed E-state index contributed by atoms with van der Waals surface area (Å²) in [4.78, 5) is 23.0. The van der Waals surface area contributed by atoms with E-state index in [-0.39, 0.29) is 18.5 Å². The second kappa shape index (κ2) is 10.9. The van der Waals surface area contributed by atoms with Gasteiger partial charge in [0, 0.05) is 6.92 Å². The van der Waals surface area contributed by atoms with Gasteiger partial charge >= 0.3 is 11.9 Å². The van der Waals surface area contributed by atoms with Gasteiger partial charge in [0.25, 0.3) is 0 Å². The van der Waals surface area contributed by atoms with E-state index in [1.54, 1.807) is 34.6 Å². The van der Waals surface area contributed by atoms with Crippen LogP contribution in [0.4, 0.5) is 0 Å². The zero-order valence-electron chi connectivity index (χ0n) is 17.9. The van der Waals surface area contributed by atoms with Crippen molar-refractivity contribution in [2.75, 3.05) is 6.61 Å². The Morgan fingerprint density at radius 2 is 1.67 bits per heavy atom. The molecular formula is C22H34O5. The SMILES string of the molecule is CC(=O)OC/C=C(\C)CC/C=C(\C)C(C#CC(C)(C)O)OC(=O)C(C)(C)C. The van der Waals surface area contributed by atoms with Crippen LogP contribution in [0.25, 0.3) is 0 Å². The Labute approximate surface area is 163 Å². The van der Waals surface area contributed by atoms with Crippen LogP contribution >= 0.6 is 0 Å². The maximum absolute atomic E-state index is 12.2. The van der Waals surface area contributed by atoms with Crippen LogP contribution in [0.15, 0.2) is 23.3 Å². The van der Waals surface area contributed by atoms with Crippen LogP contribution in [0.5, 0.6) is 0 Å². The predicted octanol–water partition coefficient (Wildman–Crippen LogP) is 3.95. The molecule has 0 aliphatic carbocycles. The molecule has 1 N–H and O–H groups in total. The molecule has 0 saturated heterocycles. The molecule has 0 aromatic heterocycles. The Morgan fingerprint density at radius 3 is 2.15 bits per heavy atom. The topological polar surface area (TPSA) is 72.8 Å². The van der Waals surface area contributed by atoms with Gasteiger partial charge in [-0.2, -0.15) is 0 Å². The highest BCUT2D eigenvalue weighted by molar-refractivity contribution is 5.76. The molecule has 27 heavy (non-hydrogen) atoms. The number of esters is 2. The molecule has 0 fully saturated rings. The van der Waals surface area contributed by atoms with Gasteiger partial charge in [-0.3, -0.25) is 9.59 Å². The minimum atomic E-state index is -1.16. The zero-order valence-corrected chi connectivity index (χ0v) is 17.9. The number of hydrogen-bond donors (Lipinski definition) is 1. The fourth-order valence-electron chi connectivity index (χ4n) is 1.80. The lowest BCUT2D eigenvalue weighted by molar-refractivity contribution is -0.154. The van der Waals surface area contributed by atoms with E-state index in [4.69, 9.17) is 9.47 Å². The van der Waals surface area contributed by atoms with E-state index in [9.17, 15) is 14.7 Å². The Bertz CT molecular complexity index is 630. The van der Waals surface area contributed by atoms with E-state index in [1.165, 1.54) is 6.92 Å². The fourth-order valence-corrected chi connectivity index (χ4v) is 1.80. The second-order valence-corrected chi connectivity index (χ2v) is 8.20. The third-order valence-corrected chi connectivity index (χ3v) is 3.48. The number of aliphatic hydroxyl groups is 1. The van der Waals surface area contributed by atoms with E-state index in [0.29, 0.717) is 0 Å². The van der Waals surface area contributed by atoms with Crippen LogP contribution in [0.1, 0.15) is 68.2 Å². The van der Waals surface area contributed by atoms with Crippen molar-refractivity contribution in [1.82, 2.24) is 0 Å². The summed E-state index contributed by atoms with van der Waals surface area (Å²) >= 11 is 0. The number of allylic oxidation sites excluding steroid dienone is 2. The molecule has 0 amide bonds. The summed E-state index contributed by atoms with van der Waals surface area (Å²) in [6.07, 6.45) is 4.67. The second-order valence-electron chi connectivity index (χ2n) is 8.20. The highest BCUT2D eigenvalue weighted by Crippen LogP contribution is 2.19. The van der Waals surface area contributed by atoms with Crippen molar-refractivity contribution in [1.29, 1.82) is 0 Å². The quantitative estimate of drug-likeness (QED) is 0.412. The van der Waals surface area contributed by atoms with Crippen molar-refractivity contribution < 1.29 is 24.2 Å². The summed E-state index contributed by atoms with van der Waals surface area (Å²) in [5, 5.41) is 9.84. The molecule has 0 aromatic rings. The van der Waals surface area contributed by atoms with Crippen molar-refractivity contribution in [3.63, 3.8) is 0 Å². The number of carbonyl (C=O) groups excluding carboxylic acids is 2. The Kier molecular flexibility index (Phi) is 10.1. The van der Waals surface area contributed by atoms with E-state index in [1.807, 2.05) is 26.0 Å². The highest BCUT2D eigenvalue weighted by atomic mass is 16.5. The maximum Gasteiger partial charge on any atom is 0.312 e. The minimum Gasteiger partial charge on any atom is -0.462 e. The van der Waals surface area contributed by atoms with Gasteiger partial charge in [0.05, 0.1) is 5.41 Å². The first-order valence-electron chi connectivity index (χ1n) is 9.14. The number of rotatable bonds is 7. The van der Waals surface area contributed by atoms with Crippen molar-refractivity contribution in [3.05, 3.63) is 23.3 Å². The normalized spacial score (nSPS) is 14.1. The zero-order chi connectivity index (χ0) is 21.3. The van der Waals surface area contributed by atoms with Crippen LogP contribution in [-0.2, 0) is 19.1 Å². The number of carbonyl (C=O) groups is 2. The van der Waals surface area contributed by atoms with Crippen LogP contribution in [0.3, 0.4) is 0 Å². The molecule has 0 heterocycles. The molecular weight excluding hydrogens is 344 g/mol. The lowest BCUT2D eigenvalue weighted by atomic mass is 9.97. The van der Waals surface area contributed by atoms with Gasteiger partial charge < -0.3 is 14.6 Å². The lowest BCUT2D eigenvalue weighted by Gasteiger charge is -2.21. The van der Waals surface area contributed by atoms with Crippen LogP contribution in [0, 0.1) is 17.3 Å². The number of hydrogen-bond acceptors (Lipinski definition) is 5. The minimum absolute atomic E-state index is 0.271. The molecule has 0 aromatic carbocycles. The molecule has 152 valence electrons. The third kappa shape index (κ3) is 12.9. The first-order chi connectivity index (χ1) is 12.2. The average molecular weight is 379 g/mol. The molecule has 1 unspecified atom stereocenters. The first-order valence-corrected chi connectivity index (χ1v) is 9.14. The summed E-state index contributed by atoms with van der Waals surface area (Å²) in [6.45, 7) is 14.0. The van der Waals surface area contributed by atoms with Gasteiger partial charge in [-0.1, -0.05) is 23.5 Å². The molecule has 0 rings (SSSR count). The molecule has 0 saturated carbocycles. The van der Waals surface area contributed by atoms with E-state index >= 15 is 0 Å². The average Bonchev–Trinajstić information content (AvgIpc) is 2.48. The van der Waals surface area contributed by atoms with Crippen molar-refractivity contribution in [2.45, 2.75) is 79.9 Å². The van der Waals surface area contributed by atoms with E-state index in [0.717, 1.165) is 24.0 Å². The van der Waals surface area contributed by atoms with Gasteiger partial charge in [-0.15, -0.1) is 0 Å². The van der Waals surface area contributed by atoms with Crippen LogP contribution in [0.2, 0.25) is 0 Å². The van der Waals surface area contributed by atoms with E-state index in [2.05, 4.69) is 11.8 Å². The highest BCUT2D eigenvalue weighted by Gasteiger charge is 2.26. The molecule has 0 spiro atoms. The summed E-state index contributed by atoms with van der Waals surface area (Å²) in [5.41, 5.74) is 0.122. The predicted molar refractivity (Wildman–Crippen MR) is 107 cm³/mol. The molecule has 0 aliphatic rings. The van der Waals surface area contributed by atoms with Gasteiger partial charge in [0.1, 0.15) is 12.2 Å². The Hall–Kier alpha value is -2.06. The summed E-state index contributed by atoms with van der Waals surface area (Å²) in [6, 6.07) is 0. The smallest absolute Gasteiger partial charge is 0.312 e. The van der Waals surface area contributed by atoms with Crippen LogP contribution in [-0.4, -0.2) is 35.4 Å². The summed E-state index contributed by atoms with van der Waals surface area (Å²) in [7, 11) is 0. The molecule has 0 aliphatic heterocycles. The van der Waals surface area contributed by atoms with Crippen LogP contribution < -0.4 is 0 Å². The standard InChI is InChI=1S/C22H34O5/c1-16(13-15-26-18(3)23)10-9-11-17(2)19(12-14-22(7,8)25)27-20(24)21(4,5)6/h11,13,19,25H,9-10,15H2,1-8H3/b16-13+,17-11+. The molecule has 0 radical (unpaired) electrons. The van der Waals surface area contributed by atoms with Gasteiger partial charge in [-0.05, 0) is 73.0 Å². The molecule has 5 nitrogen and oxygen atoms in total. The van der Waals surface area contributed by atoms with Gasteiger partial charge in [0.2, 0.25) is 0 Å². The van der Waals surface area contributed by atoms with Gasteiger partial charge in [0.15, 0.2) is 6.10 Å². The van der Waals surface area contributed by atoms with Crippen molar-refractivity contribution in [3.8, 4) is 11.8 Å². The van der Waals surface area contributed by atoms with Gasteiger partial charge in [-0.25, -0.2) is 0 Å². The fraction of sp³-hybridized carbons (Fsp3) is 0.636. The third-order valence-electron chi connectivity index (χ3n) is 3.48. The first kappa shape index (κ1) is 24.9. The van der Waals surface area contributed by atoms with Crippen molar-refractivity contribution >= 4 is 11.9 Å². The number of ether oxygens (including phenoxy) is 2. The Morgan fingerprint density at radius 1 is 1.07 bits per heavy atom. The van der Waals surface area contributed by atoms with E-state index < -0.39 is 17.1 Å². The monoisotopic (exact) mass is 378 g/mol. The Balaban J connectivity index is 5.07. The summed E-state index contributed by atoms with van der Waals surface area (Å²) < 4.78 is 10.4. The molecule has 0 bridgehead atoms. The largest absolute Gasteiger partial charge is 0.462 e. The van der Waals surface area contributed by atoms with Crippen molar-refractivity contribution in [2.24, 2.45) is 5.41 Å².